The molecule has 0 amide bonds. The van der Waals surface area contributed by atoms with E-state index in [1.807, 2.05) is 19.1 Å². The van der Waals surface area contributed by atoms with E-state index < -0.39 is 0 Å². The van der Waals surface area contributed by atoms with Gasteiger partial charge in [-0.05, 0) is 50.0 Å². The summed E-state index contributed by atoms with van der Waals surface area (Å²) in [4.78, 5) is 11.0. The molecule has 3 rings (SSSR count). The van der Waals surface area contributed by atoms with Gasteiger partial charge in [0.1, 0.15) is 22.5 Å². The summed E-state index contributed by atoms with van der Waals surface area (Å²) in [5.41, 5.74) is 0. The van der Waals surface area contributed by atoms with E-state index in [2.05, 4.69) is 32.4 Å². The zero-order chi connectivity index (χ0) is 17.8. The summed E-state index contributed by atoms with van der Waals surface area (Å²) in [5.74, 6) is 3.57. The smallest absolute Gasteiger partial charge is 0.232 e. The first-order chi connectivity index (χ1) is 12.0. The summed E-state index contributed by atoms with van der Waals surface area (Å²) in [6.45, 7) is 6.62. The van der Waals surface area contributed by atoms with E-state index >= 15 is 0 Å². The maximum absolute atomic E-state index is 6.17. The topological polar surface area (TPSA) is 66.2 Å². The Kier molecular flexibility index (Phi) is 5.75. The highest BCUT2D eigenvalue weighted by molar-refractivity contribution is 7.80. The van der Waals surface area contributed by atoms with Crippen molar-refractivity contribution >= 4 is 40.7 Å². The molecule has 2 aromatic rings. The lowest BCUT2D eigenvalue weighted by molar-refractivity contribution is 0.444. The first-order valence-electron chi connectivity index (χ1n) is 8.39. The van der Waals surface area contributed by atoms with Crippen molar-refractivity contribution in [3.63, 3.8) is 0 Å². The Morgan fingerprint density at radius 1 is 1.44 bits per heavy atom. The second kappa shape index (κ2) is 8.01. The van der Waals surface area contributed by atoms with Crippen LogP contribution in [0.25, 0.3) is 0 Å². The molecule has 1 aliphatic rings. The lowest BCUT2D eigenvalue weighted by Gasteiger charge is -2.32. The number of hydrogen-bond donors (Lipinski definition) is 2. The van der Waals surface area contributed by atoms with Crippen molar-refractivity contribution in [2.75, 3.05) is 23.3 Å². The van der Waals surface area contributed by atoms with Crippen LogP contribution in [0.3, 0.4) is 0 Å². The van der Waals surface area contributed by atoms with Crippen molar-refractivity contribution in [2.24, 2.45) is 5.92 Å². The molecule has 0 bridgehead atoms. The molecule has 0 radical (unpaired) electrons. The van der Waals surface area contributed by atoms with E-state index in [1.54, 1.807) is 6.07 Å². The van der Waals surface area contributed by atoms with Crippen molar-refractivity contribution in [2.45, 2.75) is 33.2 Å². The van der Waals surface area contributed by atoms with Crippen molar-refractivity contribution in [3.05, 3.63) is 34.9 Å². The van der Waals surface area contributed by atoms with Crippen molar-refractivity contribution in [3.8, 4) is 0 Å². The molecule has 1 unspecified atom stereocenters. The fourth-order valence-electron chi connectivity index (χ4n) is 2.91. The third-order valence-electron chi connectivity index (χ3n) is 4.11. The van der Waals surface area contributed by atoms with Gasteiger partial charge in [-0.3, -0.25) is 0 Å². The van der Waals surface area contributed by atoms with Crippen LogP contribution >= 0.6 is 23.8 Å². The van der Waals surface area contributed by atoms with Gasteiger partial charge >= 0.3 is 0 Å². The lowest BCUT2D eigenvalue weighted by atomic mass is 10.0. The molecule has 1 saturated heterocycles. The largest absolute Gasteiger partial charge is 0.465 e. The molecule has 2 aromatic heterocycles. The van der Waals surface area contributed by atoms with Crippen LogP contribution < -0.4 is 15.5 Å². The van der Waals surface area contributed by atoms with Crippen molar-refractivity contribution in [1.29, 1.82) is 0 Å². The maximum Gasteiger partial charge on any atom is 0.232 e. The Morgan fingerprint density at radius 2 is 2.28 bits per heavy atom. The summed E-state index contributed by atoms with van der Waals surface area (Å²) < 4.78 is 5.50. The standard InChI is InChI=1S/C17H22ClN5OS/c1-11-4-3-7-23(10-11)15-8-14(18)20-16(21-15)22-17(25)19-9-13-6-5-12(2)24-13/h5-6,8,11H,3-4,7,9-10H2,1-2H3,(H2,19,20,21,22,25). The number of anilines is 2. The molecule has 0 aliphatic carbocycles. The number of nitrogens with zero attached hydrogens (tertiary/aromatic N) is 3. The number of halogens is 1. The number of thiocarbonyl (C=S) groups is 1. The minimum absolute atomic E-state index is 0.397. The molecule has 2 N–H and O–H groups in total. The number of piperidine rings is 1. The third-order valence-corrected chi connectivity index (χ3v) is 4.55. The van der Waals surface area contributed by atoms with E-state index in [0.29, 0.717) is 28.7 Å². The number of aromatic nitrogens is 2. The van der Waals surface area contributed by atoms with Gasteiger partial charge in [-0.25, -0.2) is 4.98 Å². The first-order valence-corrected chi connectivity index (χ1v) is 9.18. The zero-order valence-corrected chi connectivity index (χ0v) is 16.0. The summed E-state index contributed by atoms with van der Waals surface area (Å²) in [6, 6.07) is 5.63. The van der Waals surface area contributed by atoms with Crippen LogP contribution in [-0.4, -0.2) is 28.2 Å². The molecular formula is C17H22ClN5OS. The van der Waals surface area contributed by atoms with E-state index in [4.69, 9.17) is 28.2 Å². The highest BCUT2D eigenvalue weighted by atomic mass is 35.5. The molecule has 0 aromatic carbocycles. The highest BCUT2D eigenvalue weighted by Gasteiger charge is 2.19. The quantitative estimate of drug-likeness (QED) is 0.619. The van der Waals surface area contributed by atoms with E-state index in [9.17, 15) is 0 Å². The predicted molar refractivity (Wildman–Crippen MR) is 104 cm³/mol. The van der Waals surface area contributed by atoms with Crippen LogP contribution in [0.15, 0.2) is 22.6 Å². The maximum atomic E-state index is 6.17. The van der Waals surface area contributed by atoms with E-state index in [-0.39, 0.29) is 0 Å². The Balaban J connectivity index is 1.62. The number of aryl methyl sites for hydroxylation is 1. The Bertz CT molecular complexity index is 750. The number of nitrogens with one attached hydrogen (secondary N) is 2. The molecule has 6 nitrogen and oxygen atoms in total. The van der Waals surface area contributed by atoms with Gasteiger partial charge in [0.25, 0.3) is 0 Å². The lowest BCUT2D eigenvalue weighted by Crippen LogP contribution is -2.35. The molecule has 0 saturated carbocycles. The van der Waals surface area contributed by atoms with Gasteiger partial charge in [0.15, 0.2) is 5.11 Å². The van der Waals surface area contributed by atoms with E-state index in [0.717, 1.165) is 36.8 Å². The van der Waals surface area contributed by atoms with Crippen LogP contribution in [0.1, 0.15) is 31.3 Å². The molecule has 0 spiro atoms. The SMILES string of the molecule is Cc1ccc(CNC(=S)Nc2nc(Cl)cc(N3CCCC(C)C3)n2)o1. The van der Waals surface area contributed by atoms with Crippen LogP contribution in [0.4, 0.5) is 11.8 Å². The molecule has 1 fully saturated rings. The Hall–Kier alpha value is -1.86. The van der Waals surface area contributed by atoms with Crippen LogP contribution in [0.2, 0.25) is 5.15 Å². The van der Waals surface area contributed by atoms with Gasteiger partial charge in [0, 0.05) is 19.2 Å². The van der Waals surface area contributed by atoms with Gasteiger partial charge in [-0.2, -0.15) is 4.98 Å². The summed E-state index contributed by atoms with van der Waals surface area (Å²) in [7, 11) is 0. The number of furan rings is 1. The second-order valence-corrected chi connectivity index (χ2v) is 7.18. The monoisotopic (exact) mass is 379 g/mol. The average Bonchev–Trinajstić information content (AvgIpc) is 2.98. The summed E-state index contributed by atoms with van der Waals surface area (Å²) in [6.07, 6.45) is 2.41. The number of rotatable bonds is 4. The molecular weight excluding hydrogens is 358 g/mol. The highest BCUT2D eigenvalue weighted by Crippen LogP contribution is 2.24. The minimum atomic E-state index is 0.397. The zero-order valence-electron chi connectivity index (χ0n) is 14.4. The van der Waals surface area contributed by atoms with Gasteiger partial charge in [0.05, 0.1) is 6.54 Å². The molecule has 8 heteroatoms. The minimum Gasteiger partial charge on any atom is -0.465 e. The average molecular weight is 380 g/mol. The molecule has 134 valence electrons. The second-order valence-electron chi connectivity index (χ2n) is 6.39. The van der Waals surface area contributed by atoms with Gasteiger partial charge < -0.3 is 20.0 Å². The Morgan fingerprint density at radius 3 is 3.00 bits per heavy atom. The van der Waals surface area contributed by atoms with Gasteiger partial charge in [0.2, 0.25) is 5.95 Å². The van der Waals surface area contributed by atoms with Crippen LogP contribution in [0, 0.1) is 12.8 Å². The molecule has 1 aliphatic heterocycles. The van der Waals surface area contributed by atoms with Crippen LogP contribution in [-0.2, 0) is 6.54 Å². The summed E-state index contributed by atoms with van der Waals surface area (Å²) >= 11 is 11.5. The Labute approximate surface area is 158 Å². The molecule has 1 atom stereocenters. The van der Waals surface area contributed by atoms with Crippen molar-refractivity contribution in [1.82, 2.24) is 15.3 Å². The summed E-state index contributed by atoms with van der Waals surface area (Å²) in [5, 5.41) is 6.90. The fourth-order valence-corrected chi connectivity index (χ4v) is 3.26. The van der Waals surface area contributed by atoms with Gasteiger partial charge in [-0.15, -0.1) is 0 Å². The molecule has 25 heavy (non-hydrogen) atoms. The number of hydrogen-bond acceptors (Lipinski definition) is 5. The normalized spacial score (nSPS) is 17.4. The fraction of sp³-hybridized carbons (Fsp3) is 0.471. The first kappa shape index (κ1) is 17.9. The van der Waals surface area contributed by atoms with E-state index in [1.165, 1.54) is 6.42 Å². The van der Waals surface area contributed by atoms with Gasteiger partial charge in [-0.1, -0.05) is 18.5 Å². The predicted octanol–water partition coefficient (Wildman–Crippen LogP) is 3.75. The van der Waals surface area contributed by atoms with Crippen LogP contribution in [0.5, 0.6) is 0 Å². The third kappa shape index (κ3) is 5.06. The van der Waals surface area contributed by atoms with Crippen molar-refractivity contribution < 1.29 is 4.42 Å². The molecule has 3 heterocycles.